The van der Waals surface area contributed by atoms with Crippen LogP contribution in [0.1, 0.15) is 42.4 Å². The highest BCUT2D eigenvalue weighted by atomic mass is 16.4. The van der Waals surface area contributed by atoms with E-state index in [4.69, 9.17) is 5.11 Å². The molecule has 18 heavy (non-hydrogen) atoms. The molecule has 0 spiro atoms. The van der Waals surface area contributed by atoms with Crippen molar-refractivity contribution in [3.63, 3.8) is 0 Å². The molecule has 98 valence electrons. The predicted octanol–water partition coefficient (Wildman–Crippen LogP) is 1.39. The molecule has 3 N–H and O–H groups in total. The van der Waals surface area contributed by atoms with Gasteiger partial charge >= 0.3 is 5.97 Å². The molecule has 2 unspecified atom stereocenters. The molecule has 0 fully saturated rings. The number of hydrogen-bond acceptors (Lipinski definition) is 3. The number of carboxylic acids is 1. The van der Waals surface area contributed by atoms with E-state index in [1.165, 1.54) is 6.92 Å². The maximum Gasteiger partial charge on any atom is 0.340 e. The van der Waals surface area contributed by atoms with Crippen LogP contribution in [0.2, 0.25) is 0 Å². The number of aliphatic carboxylic acids is 1. The zero-order valence-electron chi connectivity index (χ0n) is 10.4. The molecule has 2 rings (SSSR count). The Morgan fingerprint density at radius 2 is 2.22 bits per heavy atom. The van der Waals surface area contributed by atoms with Crippen LogP contribution in [-0.4, -0.2) is 27.9 Å². The summed E-state index contributed by atoms with van der Waals surface area (Å²) in [6.45, 7) is 1.36. The summed E-state index contributed by atoms with van der Waals surface area (Å²) in [7, 11) is 0. The van der Waals surface area contributed by atoms with Gasteiger partial charge in [0.05, 0.1) is 0 Å². The fourth-order valence-electron chi connectivity index (χ4n) is 2.71. The summed E-state index contributed by atoms with van der Waals surface area (Å²) in [6, 6.07) is 5.32. The Kier molecular flexibility index (Phi) is 3.41. The first-order valence-corrected chi connectivity index (χ1v) is 6.17. The first-order chi connectivity index (χ1) is 8.48. The summed E-state index contributed by atoms with van der Waals surface area (Å²) in [5.74, 6) is -1.19. The number of carbonyl (C=O) groups is 1. The smallest absolute Gasteiger partial charge is 0.340 e. The Hall–Kier alpha value is -1.39. The molecule has 0 aromatic heterocycles. The lowest BCUT2D eigenvalue weighted by molar-refractivity contribution is -0.157. The van der Waals surface area contributed by atoms with Gasteiger partial charge < -0.3 is 15.3 Å². The lowest BCUT2D eigenvalue weighted by Gasteiger charge is -2.29. The van der Waals surface area contributed by atoms with Crippen LogP contribution < -0.4 is 0 Å². The molecule has 1 aromatic carbocycles. The largest absolute Gasteiger partial charge is 0.479 e. The molecule has 0 heterocycles. The van der Waals surface area contributed by atoms with Crippen molar-refractivity contribution in [2.45, 2.75) is 37.7 Å². The summed E-state index contributed by atoms with van der Waals surface area (Å²) in [5.41, 5.74) is 0.437. The third-order valence-corrected chi connectivity index (χ3v) is 3.79. The van der Waals surface area contributed by atoms with Crippen LogP contribution in [0.4, 0.5) is 0 Å². The Bertz CT molecular complexity index is 465. The molecule has 4 heteroatoms. The predicted molar refractivity (Wildman–Crippen MR) is 66.4 cm³/mol. The third kappa shape index (κ3) is 2.02. The highest BCUT2D eigenvalue weighted by Gasteiger charge is 2.36. The normalized spacial score (nSPS) is 22.1. The molecule has 1 aromatic rings. The lowest BCUT2D eigenvalue weighted by atomic mass is 9.77. The van der Waals surface area contributed by atoms with Crippen molar-refractivity contribution < 1.29 is 20.1 Å². The van der Waals surface area contributed by atoms with Gasteiger partial charge in [-0.2, -0.15) is 0 Å². The summed E-state index contributed by atoms with van der Waals surface area (Å²) in [5, 5.41) is 28.6. The highest BCUT2D eigenvalue weighted by Crippen LogP contribution is 2.36. The summed E-state index contributed by atoms with van der Waals surface area (Å²) in [4.78, 5) is 11.2. The number of hydrogen-bond donors (Lipinski definition) is 3. The number of aliphatic hydroxyl groups is 2. The molecule has 2 atom stereocenters. The number of carboxylic acid groups (broad SMARTS) is 1. The van der Waals surface area contributed by atoms with Gasteiger partial charge in [0.25, 0.3) is 0 Å². The number of rotatable bonds is 3. The highest BCUT2D eigenvalue weighted by molar-refractivity contribution is 5.79. The molecule has 0 radical (unpaired) electrons. The van der Waals surface area contributed by atoms with Crippen molar-refractivity contribution >= 4 is 5.97 Å². The average molecular weight is 250 g/mol. The zero-order chi connectivity index (χ0) is 13.3. The van der Waals surface area contributed by atoms with E-state index in [1.807, 2.05) is 6.07 Å². The van der Waals surface area contributed by atoms with Crippen LogP contribution >= 0.6 is 0 Å². The van der Waals surface area contributed by atoms with Crippen molar-refractivity contribution in [2.24, 2.45) is 0 Å². The number of aliphatic hydroxyl groups excluding tert-OH is 1. The van der Waals surface area contributed by atoms with Gasteiger partial charge in [0.2, 0.25) is 0 Å². The second-order valence-electron chi connectivity index (χ2n) is 5.02. The minimum Gasteiger partial charge on any atom is -0.479 e. The van der Waals surface area contributed by atoms with Crippen LogP contribution in [-0.2, 0) is 16.8 Å². The van der Waals surface area contributed by atoms with E-state index in [2.05, 4.69) is 0 Å². The fourth-order valence-corrected chi connectivity index (χ4v) is 2.71. The van der Waals surface area contributed by atoms with Crippen LogP contribution in [0.25, 0.3) is 0 Å². The molecule has 0 saturated heterocycles. The molecule has 1 aliphatic rings. The SMILES string of the molecule is CC(O)(C(=O)O)c1cccc2c1CCCC2CO. The Balaban J connectivity index is 2.54. The third-order valence-electron chi connectivity index (χ3n) is 3.79. The van der Waals surface area contributed by atoms with E-state index < -0.39 is 11.6 Å². The molecule has 0 aliphatic heterocycles. The topological polar surface area (TPSA) is 77.8 Å². The van der Waals surface area contributed by atoms with Crippen LogP contribution in [0.3, 0.4) is 0 Å². The summed E-state index contributed by atoms with van der Waals surface area (Å²) < 4.78 is 0. The molecule has 4 nitrogen and oxygen atoms in total. The van der Waals surface area contributed by atoms with Crippen molar-refractivity contribution in [3.05, 3.63) is 34.9 Å². The van der Waals surface area contributed by atoms with Crippen LogP contribution in [0, 0.1) is 0 Å². The van der Waals surface area contributed by atoms with E-state index in [0.29, 0.717) is 5.56 Å². The van der Waals surface area contributed by atoms with Gasteiger partial charge in [-0.1, -0.05) is 18.2 Å². The fraction of sp³-hybridized carbons (Fsp3) is 0.500. The second kappa shape index (κ2) is 4.71. The van der Waals surface area contributed by atoms with Gasteiger partial charge in [-0.3, -0.25) is 0 Å². The van der Waals surface area contributed by atoms with Gasteiger partial charge in [-0.25, -0.2) is 4.79 Å². The van der Waals surface area contributed by atoms with Gasteiger partial charge in [0.15, 0.2) is 5.60 Å². The molecular weight excluding hydrogens is 232 g/mol. The first-order valence-electron chi connectivity index (χ1n) is 6.17. The summed E-state index contributed by atoms with van der Waals surface area (Å²) >= 11 is 0. The molecule has 1 aliphatic carbocycles. The Labute approximate surface area is 106 Å². The first kappa shape index (κ1) is 13.1. The van der Waals surface area contributed by atoms with Gasteiger partial charge in [-0.05, 0) is 42.9 Å². The lowest BCUT2D eigenvalue weighted by Crippen LogP contribution is -2.34. The standard InChI is InChI=1S/C14H18O4/c1-14(18,13(16)17)12-7-3-5-10-9(8-15)4-2-6-11(10)12/h3,5,7,9,15,18H,2,4,6,8H2,1H3,(H,16,17). The molecule has 0 bridgehead atoms. The summed E-state index contributed by atoms with van der Waals surface area (Å²) in [6.07, 6.45) is 2.57. The van der Waals surface area contributed by atoms with E-state index in [0.717, 1.165) is 30.4 Å². The second-order valence-corrected chi connectivity index (χ2v) is 5.02. The van der Waals surface area contributed by atoms with E-state index in [-0.39, 0.29) is 12.5 Å². The number of benzene rings is 1. The average Bonchev–Trinajstić information content (AvgIpc) is 2.36. The van der Waals surface area contributed by atoms with Crippen LogP contribution in [0.5, 0.6) is 0 Å². The molecule has 0 saturated carbocycles. The van der Waals surface area contributed by atoms with Crippen molar-refractivity contribution in [1.29, 1.82) is 0 Å². The van der Waals surface area contributed by atoms with Crippen molar-refractivity contribution in [2.75, 3.05) is 6.61 Å². The monoisotopic (exact) mass is 250 g/mol. The van der Waals surface area contributed by atoms with Crippen LogP contribution in [0.15, 0.2) is 18.2 Å². The molecular formula is C14H18O4. The van der Waals surface area contributed by atoms with Gasteiger partial charge in [-0.15, -0.1) is 0 Å². The Morgan fingerprint density at radius 3 is 2.83 bits per heavy atom. The number of fused-ring (bicyclic) bond motifs is 1. The van der Waals surface area contributed by atoms with E-state index in [9.17, 15) is 15.0 Å². The maximum atomic E-state index is 11.2. The minimum atomic E-state index is -1.87. The Morgan fingerprint density at radius 1 is 1.50 bits per heavy atom. The molecule has 0 amide bonds. The van der Waals surface area contributed by atoms with E-state index >= 15 is 0 Å². The quantitative estimate of drug-likeness (QED) is 0.757. The zero-order valence-corrected chi connectivity index (χ0v) is 10.4. The van der Waals surface area contributed by atoms with Gasteiger partial charge in [0, 0.05) is 12.5 Å². The minimum absolute atomic E-state index is 0.0540. The van der Waals surface area contributed by atoms with Crippen molar-refractivity contribution in [3.8, 4) is 0 Å². The van der Waals surface area contributed by atoms with Gasteiger partial charge in [0.1, 0.15) is 0 Å². The maximum absolute atomic E-state index is 11.2. The van der Waals surface area contributed by atoms with Crippen molar-refractivity contribution in [1.82, 2.24) is 0 Å². The van der Waals surface area contributed by atoms with E-state index in [1.54, 1.807) is 12.1 Å².